The summed E-state index contributed by atoms with van der Waals surface area (Å²) in [6.07, 6.45) is 8.02. The predicted molar refractivity (Wildman–Crippen MR) is 139 cm³/mol. The molecule has 0 spiro atoms. The molecule has 8 nitrogen and oxygen atoms in total. The van der Waals surface area contributed by atoms with Gasteiger partial charge in [-0.1, -0.05) is 23.7 Å². The number of piperidine rings is 1. The van der Waals surface area contributed by atoms with Gasteiger partial charge in [-0.15, -0.1) is 0 Å². The van der Waals surface area contributed by atoms with Crippen molar-refractivity contribution in [1.82, 2.24) is 9.55 Å². The van der Waals surface area contributed by atoms with Gasteiger partial charge in [-0.2, -0.15) is 0 Å². The first-order valence-corrected chi connectivity index (χ1v) is 13.0. The van der Waals surface area contributed by atoms with Crippen LogP contribution in [0.25, 0.3) is 0 Å². The molecule has 2 aliphatic rings. The Morgan fingerprint density at radius 1 is 1.06 bits per heavy atom. The molecule has 0 aliphatic carbocycles. The molecule has 1 aromatic heterocycles. The quantitative estimate of drug-likeness (QED) is 0.263. The molecule has 1 saturated heterocycles. The zero-order valence-corrected chi connectivity index (χ0v) is 21.0. The number of anilines is 1. The molecular formula is C27H31ClN4O4. The van der Waals surface area contributed by atoms with Crippen LogP contribution < -0.4 is 14.4 Å². The molecule has 2 aliphatic heterocycles. The number of ether oxygens (including phenoxy) is 2. The normalized spacial score (nSPS) is 17.9. The predicted octanol–water partition coefficient (Wildman–Crippen LogP) is 5.91. The Balaban J connectivity index is 1.03. The van der Waals surface area contributed by atoms with E-state index in [0.29, 0.717) is 19.6 Å². The summed E-state index contributed by atoms with van der Waals surface area (Å²) in [6, 6.07) is 16.7. The fourth-order valence-corrected chi connectivity index (χ4v) is 5.13. The first-order valence-electron chi connectivity index (χ1n) is 12.6. The highest BCUT2D eigenvalue weighted by atomic mass is 35.5. The molecule has 36 heavy (non-hydrogen) atoms. The lowest BCUT2D eigenvalue weighted by Gasteiger charge is -2.33. The second-order valence-corrected chi connectivity index (χ2v) is 10.1. The maximum absolute atomic E-state index is 10.9. The van der Waals surface area contributed by atoms with E-state index in [2.05, 4.69) is 34.1 Å². The van der Waals surface area contributed by atoms with Crippen LogP contribution in [0.15, 0.2) is 54.7 Å². The molecule has 3 heterocycles. The molecule has 1 unspecified atom stereocenters. The van der Waals surface area contributed by atoms with Gasteiger partial charge in [-0.25, -0.2) is 0 Å². The van der Waals surface area contributed by atoms with Gasteiger partial charge in [0.15, 0.2) is 0 Å². The monoisotopic (exact) mass is 510 g/mol. The lowest BCUT2D eigenvalue weighted by Crippen LogP contribution is -2.33. The summed E-state index contributed by atoms with van der Waals surface area (Å²) < 4.78 is 13.4. The van der Waals surface area contributed by atoms with E-state index in [1.165, 1.54) is 43.1 Å². The van der Waals surface area contributed by atoms with Gasteiger partial charge in [0, 0.05) is 41.7 Å². The Kier molecular flexibility index (Phi) is 7.60. The standard InChI is InChI=1S/C27H31ClN4O4/c28-22-6-4-20(5-7-22)2-1-3-21-12-15-30(16-13-21)23-8-10-24(11-9-23)35-19-25-14-17-31-18-26(32(33)34)29-27(31)36-25/h4-11,18,21,25H,1-3,12-17,19H2. The summed E-state index contributed by atoms with van der Waals surface area (Å²) in [7, 11) is 0. The first kappa shape index (κ1) is 24.4. The highest BCUT2D eigenvalue weighted by molar-refractivity contribution is 6.30. The van der Waals surface area contributed by atoms with Gasteiger partial charge < -0.3 is 24.5 Å². The van der Waals surface area contributed by atoms with Crippen molar-refractivity contribution in [1.29, 1.82) is 0 Å². The van der Waals surface area contributed by atoms with Gasteiger partial charge in [-0.05, 0) is 84.9 Å². The van der Waals surface area contributed by atoms with Gasteiger partial charge in [0.2, 0.25) is 0 Å². The third-order valence-electron chi connectivity index (χ3n) is 7.12. The molecule has 0 N–H and O–H groups in total. The smallest absolute Gasteiger partial charge is 0.414 e. The molecule has 3 aromatic rings. The molecule has 5 rings (SSSR count). The van der Waals surface area contributed by atoms with Crippen LogP contribution in [0.3, 0.4) is 0 Å². The Morgan fingerprint density at radius 2 is 1.81 bits per heavy atom. The first-order chi connectivity index (χ1) is 17.5. The molecule has 0 radical (unpaired) electrons. The molecule has 9 heteroatoms. The van der Waals surface area contributed by atoms with Crippen LogP contribution in [0.4, 0.5) is 11.5 Å². The van der Waals surface area contributed by atoms with Crippen molar-refractivity contribution >= 4 is 23.1 Å². The van der Waals surface area contributed by atoms with Crippen LogP contribution in [0.1, 0.15) is 37.7 Å². The fourth-order valence-electron chi connectivity index (χ4n) is 5.00. The Labute approximate surface area is 215 Å². The molecule has 0 amide bonds. The van der Waals surface area contributed by atoms with Gasteiger partial charge in [0.1, 0.15) is 24.7 Å². The van der Waals surface area contributed by atoms with Crippen LogP contribution in [0.2, 0.25) is 5.02 Å². The minimum Gasteiger partial charge on any atom is -0.490 e. The number of rotatable bonds is 9. The lowest BCUT2D eigenvalue weighted by atomic mass is 9.90. The molecular weight excluding hydrogens is 480 g/mol. The topological polar surface area (TPSA) is 82.7 Å². The maximum Gasteiger partial charge on any atom is 0.414 e. The Morgan fingerprint density at radius 3 is 2.53 bits per heavy atom. The molecule has 190 valence electrons. The third-order valence-corrected chi connectivity index (χ3v) is 7.37. The van der Waals surface area contributed by atoms with Crippen molar-refractivity contribution < 1.29 is 14.4 Å². The van der Waals surface area contributed by atoms with Crippen LogP contribution >= 0.6 is 11.6 Å². The molecule has 2 aromatic carbocycles. The summed E-state index contributed by atoms with van der Waals surface area (Å²) in [5.74, 6) is 1.40. The van der Waals surface area contributed by atoms with E-state index in [1.54, 1.807) is 4.57 Å². The second-order valence-electron chi connectivity index (χ2n) is 9.61. The van der Waals surface area contributed by atoms with Crippen molar-refractivity contribution in [2.75, 3.05) is 24.6 Å². The summed E-state index contributed by atoms with van der Waals surface area (Å²) >= 11 is 5.98. The number of nitrogens with zero attached hydrogens (tertiary/aromatic N) is 4. The van der Waals surface area contributed by atoms with Gasteiger partial charge in [0.25, 0.3) is 0 Å². The summed E-state index contributed by atoms with van der Waals surface area (Å²) in [4.78, 5) is 16.8. The average Bonchev–Trinajstić information content (AvgIpc) is 3.33. The Bertz CT molecular complexity index is 1160. The van der Waals surface area contributed by atoms with Crippen LogP contribution in [-0.2, 0) is 13.0 Å². The minimum atomic E-state index is -0.507. The van der Waals surface area contributed by atoms with Gasteiger partial charge >= 0.3 is 11.8 Å². The lowest BCUT2D eigenvalue weighted by molar-refractivity contribution is -0.389. The SMILES string of the molecule is O=[N+]([O-])c1cn2c(n1)OC(COc1ccc(N3CCC(CCCc4ccc(Cl)cc4)CC3)cc1)CC2. The van der Waals surface area contributed by atoms with Crippen molar-refractivity contribution in [2.24, 2.45) is 5.92 Å². The molecule has 1 atom stereocenters. The number of aryl methyl sites for hydroxylation is 2. The van der Waals surface area contributed by atoms with E-state index in [4.69, 9.17) is 21.1 Å². The number of benzene rings is 2. The zero-order valence-electron chi connectivity index (χ0n) is 20.2. The number of hydrogen-bond acceptors (Lipinski definition) is 6. The minimum absolute atomic E-state index is 0.182. The van der Waals surface area contributed by atoms with Crippen LogP contribution in [0, 0.1) is 16.0 Å². The fraction of sp³-hybridized carbons (Fsp3) is 0.444. The number of halogens is 1. The third kappa shape index (κ3) is 6.10. The summed E-state index contributed by atoms with van der Waals surface area (Å²) in [5, 5.41) is 11.7. The van der Waals surface area contributed by atoms with Crippen molar-refractivity contribution in [3.63, 3.8) is 0 Å². The molecule has 1 fully saturated rings. The summed E-state index contributed by atoms with van der Waals surface area (Å²) in [5.41, 5.74) is 2.59. The summed E-state index contributed by atoms with van der Waals surface area (Å²) in [6.45, 7) is 3.17. The highest BCUT2D eigenvalue weighted by Gasteiger charge is 2.28. The van der Waals surface area contributed by atoms with E-state index in [9.17, 15) is 10.1 Å². The number of aromatic nitrogens is 2. The van der Waals surface area contributed by atoms with Gasteiger partial charge in [-0.3, -0.25) is 4.57 Å². The number of fused-ring (bicyclic) bond motifs is 1. The van der Waals surface area contributed by atoms with Crippen molar-refractivity contribution in [3.8, 4) is 11.8 Å². The van der Waals surface area contributed by atoms with Gasteiger partial charge in [0.05, 0.1) is 0 Å². The van der Waals surface area contributed by atoms with Crippen molar-refractivity contribution in [3.05, 3.63) is 75.4 Å². The number of nitro groups is 1. The zero-order chi connectivity index (χ0) is 24.9. The maximum atomic E-state index is 10.9. The van der Waals surface area contributed by atoms with E-state index >= 15 is 0 Å². The van der Waals surface area contributed by atoms with Crippen molar-refractivity contribution in [2.45, 2.75) is 51.2 Å². The average molecular weight is 511 g/mol. The molecule has 0 saturated carbocycles. The Hall–Kier alpha value is -3.26. The highest BCUT2D eigenvalue weighted by Crippen LogP contribution is 2.29. The molecule has 0 bridgehead atoms. The second kappa shape index (κ2) is 11.2. The van der Waals surface area contributed by atoms with Crippen LogP contribution in [0.5, 0.6) is 11.8 Å². The number of hydrogen-bond donors (Lipinski definition) is 0. The number of imidazole rings is 1. The van der Waals surface area contributed by atoms with E-state index in [0.717, 1.165) is 36.2 Å². The van der Waals surface area contributed by atoms with E-state index in [1.807, 2.05) is 24.3 Å². The van der Waals surface area contributed by atoms with Crippen LogP contribution in [-0.4, -0.2) is 40.3 Å². The van der Waals surface area contributed by atoms with E-state index < -0.39 is 4.92 Å². The largest absolute Gasteiger partial charge is 0.490 e. The van der Waals surface area contributed by atoms with E-state index in [-0.39, 0.29) is 17.9 Å².